The number of benzene rings is 1. The first-order valence-corrected chi connectivity index (χ1v) is 5.96. The van der Waals surface area contributed by atoms with Crippen molar-refractivity contribution in [2.24, 2.45) is 0 Å². The molecule has 0 bridgehead atoms. The lowest BCUT2D eigenvalue weighted by molar-refractivity contribution is 0.310. The largest absolute Gasteiger partial charge is 0.493 e. The van der Waals surface area contributed by atoms with Gasteiger partial charge in [0.2, 0.25) is 0 Å². The summed E-state index contributed by atoms with van der Waals surface area (Å²) < 4.78 is 5.76. The Morgan fingerprint density at radius 1 is 1.18 bits per heavy atom. The maximum atomic E-state index is 5.76. The number of nitrogens with zero attached hydrogens (tertiary/aromatic N) is 1. The predicted molar refractivity (Wildman–Crippen MR) is 68.9 cm³/mol. The zero-order chi connectivity index (χ0) is 11.9. The van der Waals surface area contributed by atoms with Gasteiger partial charge in [-0.3, -0.25) is 4.98 Å². The number of aromatic nitrogens is 1. The molecule has 0 saturated carbocycles. The van der Waals surface area contributed by atoms with Gasteiger partial charge >= 0.3 is 0 Å². The van der Waals surface area contributed by atoms with Crippen molar-refractivity contribution in [2.45, 2.75) is 19.8 Å². The smallest absolute Gasteiger partial charge is 0.130 e. The van der Waals surface area contributed by atoms with E-state index in [1.54, 1.807) is 6.20 Å². The monoisotopic (exact) mass is 226 g/mol. The van der Waals surface area contributed by atoms with Crippen molar-refractivity contribution >= 4 is 0 Å². The fourth-order valence-electron chi connectivity index (χ4n) is 1.60. The quantitative estimate of drug-likeness (QED) is 0.725. The number of pyridine rings is 1. The first kappa shape index (κ1) is 11.6. The Balaban J connectivity index is 2.22. The third-order valence-corrected chi connectivity index (χ3v) is 2.54. The van der Waals surface area contributed by atoms with Gasteiger partial charge in [-0.05, 0) is 18.1 Å². The summed E-state index contributed by atoms with van der Waals surface area (Å²) in [6.07, 6.45) is 6.92. The Labute approximate surface area is 102 Å². The van der Waals surface area contributed by atoms with Crippen LogP contribution in [-0.2, 0) is 0 Å². The van der Waals surface area contributed by atoms with E-state index in [2.05, 4.69) is 18.1 Å². The minimum Gasteiger partial charge on any atom is -0.493 e. The van der Waals surface area contributed by atoms with Gasteiger partial charge in [-0.2, -0.15) is 0 Å². The zero-order valence-corrected chi connectivity index (χ0v) is 10.0. The molecule has 2 nitrogen and oxygen atoms in total. The molecule has 0 amide bonds. The predicted octanol–water partition coefficient (Wildman–Crippen LogP) is 3.73. The van der Waals surface area contributed by atoms with Gasteiger partial charge in [-0.1, -0.05) is 43.7 Å². The Hall–Kier alpha value is -1.83. The zero-order valence-electron chi connectivity index (χ0n) is 10.0. The fourth-order valence-corrected chi connectivity index (χ4v) is 1.60. The SMILES string of the molecule is CCCCOc1ccn[c]c1-c1ccccc1. The summed E-state index contributed by atoms with van der Waals surface area (Å²) in [5, 5.41) is 0. The van der Waals surface area contributed by atoms with E-state index < -0.39 is 0 Å². The van der Waals surface area contributed by atoms with Gasteiger partial charge in [0.05, 0.1) is 12.2 Å². The maximum Gasteiger partial charge on any atom is 0.130 e. The second kappa shape index (κ2) is 6.04. The van der Waals surface area contributed by atoms with E-state index in [4.69, 9.17) is 4.74 Å². The molecule has 1 heterocycles. The molecule has 2 heteroatoms. The number of rotatable bonds is 5. The first-order valence-electron chi connectivity index (χ1n) is 5.96. The highest BCUT2D eigenvalue weighted by Crippen LogP contribution is 2.28. The van der Waals surface area contributed by atoms with Crippen LogP contribution >= 0.6 is 0 Å². The molecule has 87 valence electrons. The maximum absolute atomic E-state index is 5.76. The molecule has 0 aliphatic heterocycles. The van der Waals surface area contributed by atoms with E-state index in [-0.39, 0.29) is 0 Å². The van der Waals surface area contributed by atoms with Crippen molar-refractivity contribution in [1.82, 2.24) is 4.98 Å². The molecular weight excluding hydrogens is 210 g/mol. The summed E-state index contributed by atoms with van der Waals surface area (Å²) in [6, 6.07) is 12.0. The van der Waals surface area contributed by atoms with Gasteiger partial charge in [-0.25, -0.2) is 0 Å². The lowest BCUT2D eigenvalue weighted by atomic mass is 10.1. The number of unbranched alkanes of at least 4 members (excludes halogenated alkanes) is 1. The second-order valence-electron chi connectivity index (χ2n) is 3.86. The van der Waals surface area contributed by atoms with Gasteiger partial charge in [0, 0.05) is 6.20 Å². The molecule has 0 N–H and O–H groups in total. The van der Waals surface area contributed by atoms with Crippen molar-refractivity contribution in [3.63, 3.8) is 0 Å². The van der Waals surface area contributed by atoms with Crippen LogP contribution in [0.25, 0.3) is 11.1 Å². The van der Waals surface area contributed by atoms with Crippen LogP contribution in [0.15, 0.2) is 42.6 Å². The lowest BCUT2D eigenvalue weighted by Gasteiger charge is -2.10. The minimum atomic E-state index is 0.744. The minimum absolute atomic E-state index is 0.744. The molecule has 0 fully saturated rings. The van der Waals surface area contributed by atoms with Crippen molar-refractivity contribution in [3.8, 4) is 16.9 Å². The van der Waals surface area contributed by atoms with Crippen LogP contribution in [0, 0.1) is 6.20 Å². The standard InChI is InChI=1S/C15H16NO/c1-2-3-11-17-15-9-10-16-12-14(15)13-7-5-4-6-8-13/h4-10H,2-3,11H2,1H3. The van der Waals surface area contributed by atoms with Crippen LogP contribution in [0.3, 0.4) is 0 Å². The molecule has 0 aliphatic carbocycles. The Morgan fingerprint density at radius 3 is 2.76 bits per heavy atom. The molecule has 0 spiro atoms. The molecular formula is C15H16NO. The molecule has 0 atom stereocenters. The normalized spacial score (nSPS) is 10.2. The van der Waals surface area contributed by atoms with E-state index in [1.807, 2.05) is 36.4 Å². The summed E-state index contributed by atoms with van der Waals surface area (Å²) in [6.45, 7) is 2.90. The molecule has 2 rings (SSSR count). The average Bonchev–Trinajstić information content (AvgIpc) is 2.41. The van der Waals surface area contributed by atoms with Gasteiger partial charge in [0.25, 0.3) is 0 Å². The molecule has 0 aliphatic rings. The van der Waals surface area contributed by atoms with Crippen molar-refractivity contribution in [2.75, 3.05) is 6.61 Å². The van der Waals surface area contributed by atoms with Crippen LogP contribution < -0.4 is 4.74 Å². The number of hydrogen-bond acceptors (Lipinski definition) is 2. The molecule has 1 aromatic carbocycles. The highest BCUT2D eigenvalue weighted by molar-refractivity contribution is 5.68. The summed E-state index contributed by atoms with van der Waals surface area (Å²) in [7, 11) is 0. The summed E-state index contributed by atoms with van der Waals surface area (Å²) in [4.78, 5) is 4.04. The van der Waals surface area contributed by atoms with Crippen LogP contribution in [0.5, 0.6) is 5.75 Å². The van der Waals surface area contributed by atoms with E-state index >= 15 is 0 Å². The Morgan fingerprint density at radius 2 is 2.00 bits per heavy atom. The average molecular weight is 226 g/mol. The van der Waals surface area contributed by atoms with Crippen LogP contribution in [0.2, 0.25) is 0 Å². The Kier molecular flexibility index (Phi) is 4.14. The molecule has 1 aromatic heterocycles. The van der Waals surface area contributed by atoms with Crippen molar-refractivity contribution in [1.29, 1.82) is 0 Å². The second-order valence-corrected chi connectivity index (χ2v) is 3.86. The van der Waals surface area contributed by atoms with E-state index in [9.17, 15) is 0 Å². The molecule has 1 radical (unpaired) electrons. The molecule has 17 heavy (non-hydrogen) atoms. The number of hydrogen-bond donors (Lipinski definition) is 0. The third kappa shape index (κ3) is 3.06. The fraction of sp³-hybridized carbons (Fsp3) is 0.267. The highest BCUT2D eigenvalue weighted by atomic mass is 16.5. The summed E-state index contributed by atoms with van der Waals surface area (Å²) in [5.74, 6) is 0.861. The molecule has 2 aromatic rings. The topological polar surface area (TPSA) is 22.1 Å². The summed E-state index contributed by atoms with van der Waals surface area (Å²) in [5.41, 5.74) is 2.02. The van der Waals surface area contributed by atoms with Gasteiger partial charge in [0.15, 0.2) is 0 Å². The van der Waals surface area contributed by atoms with Gasteiger partial charge in [0.1, 0.15) is 11.9 Å². The van der Waals surface area contributed by atoms with Crippen LogP contribution in [-0.4, -0.2) is 11.6 Å². The summed E-state index contributed by atoms with van der Waals surface area (Å²) >= 11 is 0. The van der Waals surface area contributed by atoms with Crippen molar-refractivity contribution < 1.29 is 4.74 Å². The van der Waals surface area contributed by atoms with Gasteiger partial charge in [-0.15, -0.1) is 0 Å². The van der Waals surface area contributed by atoms with E-state index in [0.29, 0.717) is 0 Å². The third-order valence-electron chi connectivity index (χ3n) is 2.54. The van der Waals surface area contributed by atoms with E-state index in [1.165, 1.54) is 0 Å². The molecule has 0 saturated heterocycles. The number of ether oxygens (including phenoxy) is 1. The van der Waals surface area contributed by atoms with Gasteiger partial charge < -0.3 is 4.74 Å². The lowest BCUT2D eigenvalue weighted by Crippen LogP contribution is -1.98. The molecule has 0 unspecified atom stereocenters. The van der Waals surface area contributed by atoms with Crippen LogP contribution in [0.1, 0.15) is 19.8 Å². The highest BCUT2D eigenvalue weighted by Gasteiger charge is 2.05. The van der Waals surface area contributed by atoms with Crippen molar-refractivity contribution in [3.05, 3.63) is 48.8 Å². The van der Waals surface area contributed by atoms with Crippen LogP contribution in [0.4, 0.5) is 0 Å². The Bertz CT molecular complexity index is 453. The first-order chi connectivity index (χ1) is 8.42. The van der Waals surface area contributed by atoms with E-state index in [0.717, 1.165) is 36.3 Å².